The summed E-state index contributed by atoms with van der Waals surface area (Å²) in [5.74, 6) is 0.669. The zero-order valence-electron chi connectivity index (χ0n) is 31.7. The predicted octanol–water partition coefficient (Wildman–Crippen LogP) is 13.9. The number of hydrogen-bond donors (Lipinski definition) is 0. The van der Waals surface area contributed by atoms with Crippen LogP contribution < -0.4 is 0 Å². The number of pyridine rings is 1. The molecule has 8 aromatic carbocycles. The fourth-order valence-corrected chi connectivity index (χ4v) is 8.62. The summed E-state index contributed by atoms with van der Waals surface area (Å²) in [6.45, 7) is 0. The summed E-state index contributed by atoms with van der Waals surface area (Å²) < 4.78 is 9.77. The van der Waals surface area contributed by atoms with Gasteiger partial charge >= 0.3 is 0 Å². The number of benzene rings is 8. The highest BCUT2D eigenvalue weighted by molar-refractivity contribution is 7.00. The molecule has 0 spiro atoms. The Kier molecular flexibility index (Phi) is 8.60. The Bertz CT molecular complexity index is 3210. The van der Waals surface area contributed by atoms with Crippen molar-refractivity contribution >= 4 is 44.4 Å². The molecule has 0 saturated heterocycles. The predicted molar refractivity (Wildman–Crippen MR) is 244 cm³/mol. The smallest absolute Gasteiger partial charge is 0.160 e. The molecule has 0 aliphatic carbocycles. The van der Waals surface area contributed by atoms with Crippen LogP contribution in [0.2, 0.25) is 0 Å². The highest BCUT2D eigenvalue weighted by Crippen LogP contribution is 2.41. The summed E-state index contributed by atoms with van der Waals surface area (Å²) in [7, 11) is 0. The van der Waals surface area contributed by atoms with E-state index in [0.29, 0.717) is 5.82 Å². The van der Waals surface area contributed by atoms with Crippen molar-refractivity contribution in [3.63, 3.8) is 0 Å². The molecule has 59 heavy (non-hydrogen) atoms. The van der Waals surface area contributed by atoms with Crippen molar-refractivity contribution in [3.05, 3.63) is 200 Å². The van der Waals surface area contributed by atoms with Crippen molar-refractivity contribution in [2.45, 2.75) is 0 Å². The van der Waals surface area contributed by atoms with Crippen molar-refractivity contribution in [2.24, 2.45) is 0 Å². The first-order valence-electron chi connectivity index (χ1n) is 19.6. The van der Waals surface area contributed by atoms with Gasteiger partial charge in [-0.1, -0.05) is 170 Å². The maximum Gasteiger partial charge on any atom is 0.160 e. The van der Waals surface area contributed by atoms with E-state index < -0.39 is 0 Å². The van der Waals surface area contributed by atoms with Crippen molar-refractivity contribution in [1.29, 1.82) is 0 Å². The summed E-state index contributed by atoms with van der Waals surface area (Å²) >= 11 is 1.25. The van der Waals surface area contributed by atoms with Gasteiger partial charge in [0, 0.05) is 44.0 Å². The van der Waals surface area contributed by atoms with Crippen molar-refractivity contribution in [3.8, 4) is 78.5 Å². The van der Waals surface area contributed by atoms with Gasteiger partial charge in [0.15, 0.2) is 5.82 Å². The molecular formula is C53H33N5S. The van der Waals surface area contributed by atoms with Crippen molar-refractivity contribution in [2.75, 3.05) is 0 Å². The van der Waals surface area contributed by atoms with E-state index in [9.17, 15) is 0 Å². The number of para-hydroxylation sites is 1. The number of fused-ring (bicyclic) bond motifs is 5. The fraction of sp³-hybridized carbons (Fsp3) is 0. The van der Waals surface area contributed by atoms with Crippen LogP contribution in [0, 0.1) is 0 Å². The van der Waals surface area contributed by atoms with Gasteiger partial charge in [-0.05, 0) is 58.1 Å². The summed E-state index contributed by atoms with van der Waals surface area (Å²) in [4.78, 5) is 15.7. The van der Waals surface area contributed by atoms with E-state index in [1.165, 1.54) is 11.7 Å². The molecule has 276 valence electrons. The SMILES string of the molecule is c1ccc(-c2cccc(-c3cc(-c4ccc(-c5cc6c(-c7ccccc7)nc7ccccc7c6c6nsnc56)cc4)nc(-c4cccc(-c5ccccc5)c4)n3)c2)cc1. The number of aromatic nitrogens is 5. The molecule has 11 aromatic rings. The molecule has 3 aromatic heterocycles. The lowest BCUT2D eigenvalue weighted by atomic mass is 9.93. The van der Waals surface area contributed by atoms with Gasteiger partial charge in [-0.25, -0.2) is 15.0 Å². The molecule has 0 saturated carbocycles. The number of rotatable bonds is 7. The van der Waals surface area contributed by atoms with E-state index in [-0.39, 0.29) is 0 Å². The van der Waals surface area contributed by atoms with Crippen molar-refractivity contribution < 1.29 is 0 Å². The Hall–Kier alpha value is -7.67. The lowest BCUT2D eigenvalue weighted by molar-refractivity contribution is 1.18. The third kappa shape index (κ3) is 6.42. The number of hydrogen-bond acceptors (Lipinski definition) is 6. The zero-order chi connectivity index (χ0) is 39.1. The second kappa shape index (κ2) is 14.7. The molecule has 0 unspecified atom stereocenters. The minimum atomic E-state index is 0.669. The van der Waals surface area contributed by atoms with Gasteiger partial charge in [-0.3, -0.25) is 0 Å². The molecule has 0 amide bonds. The Morgan fingerprint density at radius 1 is 0.322 bits per heavy atom. The maximum atomic E-state index is 5.23. The van der Waals surface area contributed by atoms with Crippen LogP contribution in [0.1, 0.15) is 0 Å². The average molecular weight is 772 g/mol. The Labute approximate surface area is 345 Å². The molecule has 0 radical (unpaired) electrons. The largest absolute Gasteiger partial charge is 0.247 e. The molecule has 0 bridgehead atoms. The Morgan fingerprint density at radius 2 is 0.847 bits per heavy atom. The molecule has 3 heterocycles. The minimum Gasteiger partial charge on any atom is -0.247 e. The van der Waals surface area contributed by atoms with E-state index >= 15 is 0 Å². The third-order valence-electron chi connectivity index (χ3n) is 11.0. The van der Waals surface area contributed by atoms with E-state index in [1.807, 2.05) is 24.3 Å². The van der Waals surface area contributed by atoms with E-state index in [0.717, 1.165) is 105 Å². The molecule has 0 atom stereocenters. The van der Waals surface area contributed by atoms with Gasteiger partial charge in [0.1, 0.15) is 11.0 Å². The van der Waals surface area contributed by atoms with E-state index in [4.69, 9.17) is 23.7 Å². The summed E-state index contributed by atoms with van der Waals surface area (Å²) in [6.07, 6.45) is 0. The highest BCUT2D eigenvalue weighted by Gasteiger charge is 2.20. The lowest BCUT2D eigenvalue weighted by Gasteiger charge is -2.14. The van der Waals surface area contributed by atoms with E-state index in [2.05, 4.69) is 176 Å². The second-order valence-corrected chi connectivity index (χ2v) is 15.1. The molecule has 0 aliphatic rings. The number of nitrogens with zero attached hydrogens (tertiary/aromatic N) is 5. The van der Waals surface area contributed by atoms with Gasteiger partial charge in [0.2, 0.25) is 0 Å². The second-order valence-electron chi connectivity index (χ2n) is 14.6. The quantitative estimate of drug-likeness (QED) is 0.151. The zero-order valence-corrected chi connectivity index (χ0v) is 32.5. The molecule has 11 rings (SSSR count). The van der Waals surface area contributed by atoms with Crippen LogP contribution in [-0.2, 0) is 0 Å². The van der Waals surface area contributed by atoms with Crippen LogP contribution >= 0.6 is 11.7 Å². The monoisotopic (exact) mass is 771 g/mol. The van der Waals surface area contributed by atoms with E-state index in [1.54, 1.807) is 0 Å². The molecule has 0 N–H and O–H groups in total. The fourth-order valence-electron chi connectivity index (χ4n) is 8.05. The van der Waals surface area contributed by atoms with Crippen LogP contribution in [0.15, 0.2) is 200 Å². The van der Waals surface area contributed by atoms with Gasteiger partial charge in [-0.15, -0.1) is 0 Å². The summed E-state index contributed by atoms with van der Waals surface area (Å²) in [5, 5.41) is 3.20. The Balaban J connectivity index is 1.05. The van der Waals surface area contributed by atoms with Crippen molar-refractivity contribution in [1.82, 2.24) is 23.7 Å². The first-order valence-corrected chi connectivity index (χ1v) is 20.3. The standard InChI is InChI=1S/C53H33N5S/c1-4-14-34(15-5-1)39-20-12-22-41(30-39)48-33-47(55-53(56-48)42-23-13-21-40(31-42)35-16-6-2-7-17-35)37-28-26-36(27-29-37)44-32-45-49(52-51(44)57-59-58-52)43-24-10-11-25-46(43)54-50(45)38-18-8-3-9-19-38/h1-33H. The highest BCUT2D eigenvalue weighted by atomic mass is 32.1. The van der Waals surface area contributed by atoms with Crippen LogP contribution in [0.5, 0.6) is 0 Å². The van der Waals surface area contributed by atoms with Crippen LogP contribution in [0.25, 0.3) is 111 Å². The van der Waals surface area contributed by atoms with Gasteiger partial charge < -0.3 is 0 Å². The average Bonchev–Trinajstić information content (AvgIpc) is 3.82. The molecule has 5 nitrogen and oxygen atoms in total. The van der Waals surface area contributed by atoms with Crippen LogP contribution in [0.3, 0.4) is 0 Å². The third-order valence-corrected chi connectivity index (χ3v) is 11.5. The molecule has 6 heteroatoms. The van der Waals surface area contributed by atoms with Gasteiger partial charge in [-0.2, -0.15) is 8.75 Å². The first kappa shape index (κ1) is 34.6. The molecule has 0 fully saturated rings. The maximum absolute atomic E-state index is 5.23. The van der Waals surface area contributed by atoms with Gasteiger partial charge in [0.05, 0.1) is 34.3 Å². The van der Waals surface area contributed by atoms with Crippen LogP contribution in [-0.4, -0.2) is 23.7 Å². The first-order chi connectivity index (χ1) is 29.2. The normalized spacial score (nSPS) is 11.4. The molecule has 0 aliphatic heterocycles. The van der Waals surface area contributed by atoms with Gasteiger partial charge in [0.25, 0.3) is 0 Å². The summed E-state index contributed by atoms with van der Waals surface area (Å²) in [5.41, 5.74) is 16.0. The molecular weight excluding hydrogens is 739 g/mol. The lowest BCUT2D eigenvalue weighted by Crippen LogP contribution is -1.96. The topological polar surface area (TPSA) is 64.5 Å². The Morgan fingerprint density at radius 3 is 1.54 bits per heavy atom. The minimum absolute atomic E-state index is 0.669. The van der Waals surface area contributed by atoms with Crippen LogP contribution in [0.4, 0.5) is 0 Å². The summed E-state index contributed by atoms with van der Waals surface area (Å²) in [6, 6.07) is 69.6.